The molecule has 0 unspecified atom stereocenters. The molecule has 2 heterocycles. The first kappa shape index (κ1) is 16.0. The Labute approximate surface area is 138 Å². The number of nitrogens with zero attached hydrogens (tertiary/aromatic N) is 2. The van der Waals surface area contributed by atoms with E-state index in [4.69, 9.17) is 4.74 Å². The number of rotatable bonds is 6. The summed E-state index contributed by atoms with van der Waals surface area (Å²) in [4.78, 5) is 16.1. The first-order valence-corrected chi connectivity index (χ1v) is 8.51. The zero-order chi connectivity index (χ0) is 16.1. The van der Waals surface area contributed by atoms with Gasteiger partial charge in [0.2, 0.25) is 5.91 Å². The number of thioether (sulfide) groups is 1. The SMILES string of the molecule is O=C(CSc1nccn1-c1cccc(F)c1)NC[C@H]1CCCO1. The van der Waals surface area contributed by atoms with Gasteiger partial charge in [0, 0.05) is 25.5 Å². The van der Waals surface area contributed by atoms with Crippen LogP contribution in [0.5, 0.6) is 0 Å². The Morgan fingerprint density at radius 1 is 1.52 bits per heavy atom. The lowest BCUT2D eigenvalue weighted by Crippen LogP contribution is -2.32. The molecule has 1 amide bonds. The molecule has 1 N–H and O–H groups in total. The fraction of sp³-hybridized carbons (Fsp3) is 0.375. The molecule has 2 aromatic rings. The third-order valence-corrected chi connectivity index (χ3v) is 4.54. The minimum atomic E-state index is -0.304. The minimum absolute atomic E-state index is 0.0562. The second-order valence-corrected chi connectivity index (χ2v) is 6.23. The van der Waals surface area contributed by atoms with Crippen LogP contribution in [0.15, 0.2) is 41.8 Å². The number of amides is 1. The van der Waals surface area contributed by atoms with Gasteiger partial charge in [-0.3, -0.25) is 9.36 Å². The third-order valence-electron chi connectivity index (χ3n) is 3.58. The van der Waals surface area contributed by atoms with Gasteiger partial charge in [0.15, 0.2) is 5.16 Å². The van der Waals surface area contributed by atoms with Crippen LogP contribution >= 0.6 is 11.8 Å². The van der Waals surface area contributed by atoms with Crippen LogP contribution in [-0.4, -0.2) is 40.5 Å². The molecule has 0 aliphatic carbocycles. The summed E-state index contributed by atoms with van der Waals surface area (Å²) in [6, 6.07) is 6.27. The van der Waals surface area contributed by atoms with Crippen molar-refractivity contribution in [3.05, 3.63) is 42.5 Å². The lowest BCUT2D eigenvalue weighted by molar-refractivity contribution is -0.119. The standard InChI is InChI=1S/C16H18FN3O2S/c17-12-3-1-4-13(9-12)20-7-6-18-16(20)23-11-15(21)19-10-14-5-2-8-22-14/h1,3-4,6-7,9,14H,2,5,8,10-11H2,(H,19,21)/t14-/m1/s1. The second-order valence-electron chi connectivity index (χ2n) is 5.29. The number of imidazole rings is 1. The third kappa shape index (κ3) is 4.33. The van der Waals surface area contributed by atoms with E-state index in [1.54, 1.807) is 29.1 Å². The Morgan fingerprint density at radius 3 is 3.22 bits per heavy atom. The molecule has 1 atom stereocenters. The lowest BCUT2D eigenvalue weighted by Gasteiger charge is -2.11. The number of carbonyl (C=O) groups excluding carboxylic acids is 1. The molecular weight excluding hydrogens is 317 g/mol. The van der Waals surface area contributed by atoms with E-state index in [0.717, 1.165) is 19.4 Å². The van der Waals surface area contributed by atoms with Gasteiger partial charge in [0.25, 0.3) is 0 Å². The fourth-order valence-electron chi connectivity index (χ4n) is 2.43. The van der Waals surface area contributed by atoms with Crippen LogP contribution in [0.2, 0.25) is 0 Å². The molecule has 1 aromatic carbocycles. The summed E-state index contributed by atoms with van der Waals surface area (Å²) in [7, 11) is 0. The van der Waals surface area contributed by atoms with Crippen molar-refractivity contribution >= 4 is 17.7 Å². The van der Waals surface area contributed by atoms with E-state index < -0.39 is 0 Å². The number of halogens is 1. The molecule has 1 saturated heterocycles. The second kappa shape index (κ2) is 7.61. The molecule has 0 saturated carbocycles. The van der Waals surface area contributed by atoms with E-state index in [9.17, 15) is 9.18 Å². The summed E-state index contributed by atoms with van der Waals surface area (Å²) in [5.74, 6) is -0.0975. The summed E-state index contributed by atoms with van der Waals surface area (Å²) >= 11 is 1.32. The van der Waals surface area contributed by atoms with Crippen molar-refractivity contribution in [2.75, 3.05) is 18.9 Å². The highest BCUT2D eigenvalue weighted by molar-refractivity contribution is 7.99. The van der Waals surface area contributed by atoms with Crippen LogP contribution in [0.3, 0.4) is 0 Å². The van der Waals surface area contributed by atoms with E-state index >= 15 is 0 Å². The van der Waals surface area contributed by atoms with Crippen LogP contribution in [0.1, 0.15) is 12.8 Å². The molecular formula is C16H18FN3O2S. The number of ether oxygens (including phenoxy) is 1. The van der Waals surface area contributed by atoms with Gasteiger partial charge in [0.1, 0.15) is 5.82 Å². The molecule has 1 aliphatic heterocycles. The highest BCUT2D eigenvalue weighted by atomic mass is 32.2. The molecule has 122 valence electrons. The van der Waals surface area contributed by atoms with Crippen molar-refractivity contribution in [3.8, 4) is 5.69 Å². The minimum Gasteiger partial charge on any atom is -0.376 e. The topological polar surface area (TPSA) is 56.2 Å². The van der Waals surface area contributed by atoms with E-state index in [1.165, 1.54) is 23.9 Å². The van der Waals surface area contributed by atoms with Gasteiger partial charge < -0.3 is 10.1 Å². The smallest absolute Gasteiger partial charge is 0.230 e. The molecule has 7 heteroatoms. The summed E-state index contributed by atoms with van der Waals surface area (Å²) in [6.45, 7) is 1.33. The van der Waals surface area contributed by atoms with Gasteiger partial charge in [-0.05, 0) is 31.0 Å². The Kier molecular flexibility index (Phi) is 5.30. The average molecular weight is 335 g/mol. The van der Waals surface area contributed by atoms with Gasteiger partial charge >= 0.3 is 0 Å². The van der Waals surface area contributed by atoms with Crippen molar-refractivity contribution in [2.45, 2.75) is 24.1 Å². The number of aromatic nitrogens is 2. The number of hydrogen-bond acceptors (Lipinski definition) is 4. The molecule has 1 aromatic heterocycles. The maximum atomic E-state index is 13.3. The zero-order valence-corrected chi connectivity index (χ0v) is 13.4. The molecule has 0 radical (unpaired) electrons. The van der Waals surface area contributed by atoms with Crippen LogP contribution in [0.4, 0.5) is 4.39 Å². The number of carbonyl (C=O) groups is 1. The normalized spacial score (nSPS) is 17.3. The van der Waals surface area contributed by atoms with Crippen LogP contribution in [-0.2, 0) is 9.53 Å². The van der Waals surface area contributed by atoms with Crippen molar-refractivity contribution in [1.29, 1.82) is 0 Å². The van der Waals surface area contributed by atoms with Crippen LogP contribution < -0.4 is 5.32 Å². The molecule has 1 aliphatic rings. The van der Waals surface area contributed by atoms with Gasteiger partial charge in [-0.25, -0.2) is 9.37 Å². The maximum absolute atomic E-state index is 13.3. The fourth-order valence-corrected chi connectivity index (χ4v) is 3.24. The number of benzene rings is 1. The summed E-state index contributed by atoms with van der Waals surface area (Å²) in [5, 5.41) is 3.53. The van der Waals surface area contributed by atoms with Gasteiger partial charge in [-0.1, -0.05) is 17.8 Å². The molecule has 3 rings (SSSR count). The zero-order valence-electron chi connectivity index (χ0n) is 12.6. The molecule has 23 heavy (non-hydrogen) atoms. The molecule has 0 bridgehead atoms. The van der Waals surface area contributed by atoms with E-state index in [1.807, 2.05) is 0 Å². The predicted octanol–water partition coefficient (Wildman–Crippen LogP) is 2.40. The first-order chi connectivity index (χ1) is 11.2. The van der Waals surface area contributed by atoms with Crippen LogP contribution in [0, 0.1) is 5.82 Å². The largest absolute Gasteiger partial charge is 0.376 e. The monoisotopic (exact) mass is 335 g/mol. The van der Waals surface area contributed by atoms with Gasteiger partial charge in [-0.2, -0.15) is 0 Å². The average Bonchev–Trinajstić information content (AvgIpc) is 3.22. The summed E-state index contributed by atoms with van der Waals surface area (Å²) in [5.41, 5.74) is 0.685. The maximum Gasteiger partial charge on any atom is 0.230 e. The number of nitrogens with one attached hydrogen (secondary N) is 1. The van der Waals surface area contributed by atoms with Crippen LogP contribution in [0.25, 0.3) is 5.69 Å². The van der Waals surface area contributed by atoms with Crippen molar-refractivity contribution < 1.29 is 13.9 Å². The Balaban J connectivity index is 1.54. The number of hydrogen-bond donors (Lipinski definition) is 1. The predicted molar refractivity (Wildman–Crippen MR) is 86.2 cm³/mol. The summed E-state index contributed by atoms with van der Waals surface area (Å²) in [6.07, 6.45) is 5.58. The Morgan fingerprint density at radius 2 is 2.43 bits per heavy atom. The summed E-state index contributed by atoms with van der Waals surface area (Å²) < 4.78 is 20.6. The highest BCUT2D eigenvalue weighted by Crippen LogP contribution is 2.20. The van der Waals surface area contributed by atoms with Gasteiger partial charge in [0.05, 0.1) is 17.5 Å². The first-order valence-electron chi connectivity index (χ1n) is 7.53. The molecule has 1 fully saturated rings. The van der Waals surface area contributed by atoms with Crippen molar-refractivity contribution in [2.24, 2.45) is 0 Å². The van der Waals surface area contributed by atoms with Crippen molar-refractivity contribution in [3.63, 3.8) is 0 Å². The lowest BCUT2D eigenvalue weighted by atomic mass is 10.2. The van der Waals surface area contributed by atoms with E-state index in [-0.39, 0.29) is 23.6 Å². The van der Waals surface area contributed by atoms with Crippen molar-refractivity contribution in [1.82, 2.24) is 14.9 Å². The van der Waals surface area contributed by atoms with E-state index in [2.05, 4.69) is 10.3 Å². The Hall–Kier alpha value is -1.86. The van der Waals surface area contributed by atoms with E-state index in [0.29, 0.717) is 17.4 Å². The molecule has 5 nitrogen and oxygen atoms in total. The Bertz CT molecular complexity index is 671. The van der Waals surface area contributed by atoms with Gasteiger partial charge in [-0.15, -0.1) is 0 Å². The quantitative estimate of drug-likeness (QED) is 0.824. The molecule has 0 spiro atoms. The highest BCUT2D eigenvalue weighted by Gasteiger charge is 2.16.